The molecule has 4 rings (SSSR count). The molecule has 178 valence electrons. The van der Waals surface area contributed by atoms with Crippen LogP contribution in [0.1, 0.15) is 29.8 Å². The largest absolute Gasteiger partial charge is 0.495 e. The van der Waals surface area contributed by atoms with Crippen molar-refractivity contribution in [2.45, 2.75) is 26.7 Å². The number of carbonyl (C=O) groups is 3. The van der Waals surface area contributed by atoms with E-state index in [2.05, 4.69) is 0 Å². The minimum atomic E-state index is -0.500. The lowest BCUT2D eigenvalue weighted by molar-refractivity contribution is -0.384. The van der Waals surface area contributed by atoms with Gasteiger partial charge >= 0.3 is 0 Å². The summed E-state index contributed by atoms with van der Waals surface area (Å²) in [4.78, 5) is 51.5. The Bertz CT molecular complexity index is 1230. The highest BCUT2D eigenvalue weighted by molar-refractivity contribution is 8.18. The summed E-state index contributed by atoms with van der Waals surface area (Å²) >= 11 is 0.799. The van der Waals surface area contributed by atoms with Crippen LogP contribution in [0.3, 0.4) is 0 Å². The van der Waals surface area contributed by atoms with Crippen LogP contribution in [0, 0.1) is 24.0 Å². The number of nitrogens with zero attached hydrogens (tertiary/aromatic N) is 4. The van der Waals surface area contributed by atoms with Crippen molar-refractivity contribution in [2.75, 3.05) is 26.7 Å². The van der Waals surface area contributed by atoms with Crippen LogP contribution in [0.2, 0.25) is 0 Å². The average molecular weight is 485 g/mol. The predicted molar refractivity (Wildman–Crippen MR) is 127 cm³/mol. The lowest BCUT2D eigenvalue weighted by Gasteiger charge is -2.18. The number of carbonyl (C=O) groups excluding carboxylic acids is 3. The van der Waals surface area contributed by atoms with Gasteiger partial charge in [0.05, 0.1) is 22.6 Å². The Morgan fingerprint density at radius 1 is 1.21 bits per heavy atom. The van der Waals surface area contributed by atoms with Gasteiger partial charge in [-0.2, -0.15) is 0 Å². The topological polar surface area (TPSA) is 115 Å². The first-order chi connectivity index (χ1) is 16.2. The Hall–Kier alpha value is -3.60. The standard InChI is InChI=1S/C23H24N4O6S/c1-14-10-16(15(2)26(14)18-12-17(27(31)32)6-7-19(18)33-3)11-20-22(29)25(23(30)34-20)13-21(28)24-8-4-5-9-24/h6-7,10-12H,4-5,8-9,13H2,1-3H3/b20-11+. The summed E-state index contributed by atoms with van der Waals surface area (Å²) in [5, 5.41) is 10.8. The number of nitro benzene ring substituents is 1. The van der Waals surface area contributed by atoms with Gasteiger partial charge in [0.25, 0.3) is 16.8 Å². The Labute approximate surface area is 200 Å². The average Bonchev–Trinajstić information content (AvgIpc) is 3.50. The van der Waals surface area contributed by atoms with E-state index in [1.165, 1.54) is 25.3 Å². The van der Waals surface area contributed by atoms with Crippen LogP contribution in [0.25, 0.3) is 11.8 Å². The first-order valence-corrected chi connectivity index (χ1v) is 11.6. The van der Waals surface area contributed by atoms with Crippen LogP contribution >= 0.6 is 11.8 Å². The van der Waals surface area contributed by atoms with Crippen molar-refractivity contribution in [3.63, 3.8) is 0 Å². The van der Waals surface area contributed by atoms with Gasteiger partial charge in [-0.3, -0.25) is 29.4 Å². The molecule has 2 aliphatic rings. The van der Waals surface area contributed by atoms with Crippen LogP contribution in [0.5, 0.6) is 5.75 Å². The van der Waals surface area contributed by atoms with Crippen molar-refractivity contribution < 1.29 is 24.0 Å². The molecule has 3 amide bonds. The number of benzene rings is 1. The fourth-order valence-electron chi connectivity index (χ4n) is 4.25. The molecule has 3 heterocycles. The van der Waals surface area contributed by atoms with E-state index in [1.54, 1.807) is 15.5 Å². The number of nitro groups is 1. The summed E-state index contributed by atoms with van der Waals surface area (Å²) in [5.41, 5.74) is 2.59. The van der Waals surface area contributed by atoms with Crippen molar-refractivity contribution in [1.29, 1.82) is 0 Å². The van der Waals surface area contributed by atoms with Gasteiger partial charge in [0.2, 0.25) is 5.91 Å². The fourth-order valence-corrected chi connectivity index (χ4v) is 5.08. The van der Waals surface area contributed by atoms with Crippen molar-refractivity contribution in [3.05, 3.63) is 56.2 Å². The molecule has 0 saturated carbocycles. The number of likely N-dealkylation sites (tertiary alicyclic amines) is 1. The van der Waals surface area contributed by atoms with Gasteiger partial charge in [-0.25, -0.2) is 0 Å². The van der Waals surface area contributed by atoms with Gasteiger partial charge in [0, 0.05) is 36.6 Å². The summed E-state index contributed by atoms with van der Waals surface area (Å²) < 4.78 is 7.21. The smallest absolute Gasteiger partial charge is 0.294 e. The number of ether oxygens (including phenoxy) is 1. The maximum Gasteiger partial charge on any atom is 0.294 e. The first kappa shape index (κ1) is 23.6. The molecule has 0 atom stereocenters. The lowest BCUT2D eigenvalue weighted by Crippen LogP contribution is -2.40. The number of amides is 3. The molecule has 0 radical (unpaired) electrons. The molecule has 0 N–H and O–H groups in total. The second kappa shape index (κ2) is 9.34. The molecule has 2 aliphatic heterocycles. The lowest BCUT2D eigenvalue weighted by atomic mass is 10.2. The van der Waals surface area contributed by atoms with Gasteiger partial charge in [-0.05, 0) is 62.2 Å². The summed E-state index contributed by atoms with van der Waals surface area (Å²) in [6.45, 7) is 4.70. The minimum absolute atomic E-state index is 0.0753. The van der Waals surface area contributed by atoms with E-state index < -0.39 is 16.1 Å². The Kier molecular flexibility index (Phi) is 6.47. The molecule has 1 aromatic carbocycles. The van der Waals surface area contributed by atoms with Crippen LogP contribution < -0.4 is 4.74 Å². The zero-order valence-electron chi connectivity index (χ0n) is 19.1. The molecular formula is C23H24N4O6S. The van der Waals surface area contributed by atoms with E-state index in [1.807, 2.05) is 19.9 Å². The summed E-state index contributed by atoms with van der Waals surface area (Å²) in [6, 6.07) is 6.17. The van der Waals surface area contributed by atoms with Gasteiger partial charge in [0.1, 0.15) is 12.3 Å². The van der Waals surface area contributed by atoms with Crippen molar-refractivity contribution >= 4 is 40.6 Å². The maximum atomic E-state index is 12.9. The Balaban J connectivity index is 1.64. The van der Waals surface area contributed by atoms with E-state index in [0.29, 0.717) is 30.1 Å². The predicted octanol–water partition coefficient (Wildman–Crippen LogP) is 3.67. The van der Waals surface area contributed by atoms with Crippen molar-refractivity contribution in [3.8, 4) is 11.4 Å². The first-order valence-electron chi connectivity index (χ1n) is 10.8. The number of aromatic nitrogens is 1. The Morgan fingerprint density at radius 2 is 1.91 bits per heavy atom. The number of aryl methyl sites for hydroxylation is 1. The summed E-state index contributed by atoms with van der Waals surface area (Å²) in [6.07, 6.45) is 3.48. The molecule has 0 bridgehead atoms. The van der Waals surface area contributed by atoms with E-state index in [0.717, 1.165) is 40.9 Å². The molecule has 1 aromatic heterocycles. The van der Waals surface area contributed by atoms with Crippen LogP contribution in [0.4, 0.5) is 10.5 Å². The van der Waals surface area contributed by atoms with Gasteiger partial charge in [-0.1, -0.05) is 0 Å². The maximum absolute atomic E-state index is 12.9. The van der Waals surface area contributed by atoms with Crippen LogP contribution in [-0.4, -0.2) is 63.1 Å². The normalized spacial score (nSPS) is 17.2. The molecule has 2 aromatic rings. The zero-order chi connectivity index (χ0) is 24.6. The van der Waals surface area contributed by atoms with E-state index in [4.69, 9.17) is 4.74 Å². The highest BCUT2D eigenvalue weighted by atomic mass is 32.2. The number of non-ortho nitro benzene ring substituents is 1. The van der Waals surface area contributed by atoms with Gasteiger partial charge in [0.15, 0.2) is 0 Å². The quantitative estimate of drug-likeness (QED) is 0.349. The Morgan fingerprint density at radius 3 is 2.56 bits per heavy atom. The molecule has 34 heavy (non-hydrogen) atoms. The van der Waals surface area contributed by atoms with Gasteiger partial charge < -0.3 is 14.2 Å². The van der Waals surface area contributed by atoms with E-state index in [9.17, 15) is 24.5 Å². The number of hydrogen-bond acceptors (Lipinski definition) is 7. The fraction of sp³-hybridized carbons (Fsp3) is 0.348. The monoisotopic (exact) mass is 484 g/mol. The number of rotatable bonds is 6. The third-order valence-electron chi connectivity index (χ3n) is 6.00. The third kappa shape index (κ3) is 4.30. The van der Waals surface area contributed by atoms with Crippen LogP contribution in [0.15, 0.2) is 29.2 Å². The number of methoxy groups -OCH3 is 1. The van der Waals surface area contributed by atoms with E-state index >= 15 is 0 Å². The molecule has 2 fully saturated rings. The molecule has 2 saturated heterocycles. The second-order valence-corrected chi connectivity index (χ2v) is 9.12. The molecule has 0 unspecified atom stereocenters. The molecule has 10 nitrogen and oxygen atoms in total. The molecule has 0 spiro atoms. The van der Waals surface area contributed by atoms with E-state index in [-0.39, 0.29) is 23.0 Å². The molecular weight excluding hydrogens is 460 g/mol. The minimum Gasteiger partial charge on any atom is -0.495 e. The third-order valence-corrected chi connectivity index (χ3v) is 6.90. The molecule has 0 aliphatic carbocycles. The van der Waals surface area contributed by atoms with Gasteiger partial charge in [-0.15, -0.1) is 0 Å². The highest BCUT2D eigenvalue weighted by Gasteiger charge is 2.37. The SMILES string of the molecule is COc1ccc([N+](=O)[O-])cc1-n1c(C)cc(/C=C2/SC(=O)N(CC(=O)N3CCCC3)C2=O)c1C. The highest BCUT2D eigenvalue weighted by Crippen LogP contribution is 2.35. The summed E-state index contributed by atoms with van der Waals surface area (Å²) in [7, 11) is 1.49. The second-order valence-electron chi connectivity index (χ2n) is 8.13. The van der Waals surface area contributed by atoms with Crippen molar-refractivity contribution in [1.82, 2.24) is 14.4 Å². The molecule has 11 heteroatoms. The number of thioether (sulfide) groups is 1. The summed E-state index contributed by atoms with van der Waals surface area (Å²) in [5.74, 6) is -0.267. The van der Waals surface area contributed by atoms with Crippen LogP contribution in [-0.2, 0) is 9.59 Å². The number of imide groups is 1. The van der Waals surface area contributed by atoms with Crippen molar-refractivity contribution in [2.24, 2.45) is 0 Å². The number of hydrogen-bond donors (Lipinski definition) is 0. The zero-order valence-corrected chi connectivity index (χ0v) is 19.9.